The Kier molecular flexibility index (Phi) is 2.56. The lowest BCUT2D eigenvalue weighted by Gasteiger charge is -2.46. The molecule has 0 saturated carbocycles. The van der Waals surface area contributed by atoms with E-state index in [2.05, 4.69) is 0 Å². The SMILES string of the molecule is FS(F)(F)(F)(F)CC1(c2ccccc2)CCCO1. The van der Waals surface area contributed by atoms with Crippen LogP contribution in [-0.4, -0.2) is 12.4 Å². The van der Waals surface area contributed by atoms with Crippen LogP contribution in [0.25, 0.3) is 0 Å². The first-order valence-electron chi connectivity index (χ1n) is 5.42. The van der Waals surface area contributed by atoms with Crippen LogP contribution in [0.3, 0.4) is 0 Å². The fraction of sp³-hybridized carbons (Fsp3) is 0.455. The van der Waals surface area contributed by atoms with Crippen molar-refractivity contribution in [2.45, 2.75) is 18.4 Å². The van der Waals surface area contributed by atoms with Gasteiger partial charge in [0.2, 0.25) is 0 Å². The molecule has 1 fully saturated rings. The zero-order chi connectivity index (χ0) is 13.6. The molecule has 1 unspecified atom stereocenters. The number of benzene rings is 1. The molecule has 0 bridgehead atoms. The van der Waals surface area contributed by atoms with E-state index in [9.17, 15) is 19.4 Å². The van der Waals surface area contributed by atoms with Gasteiger partial charge >= 0.3 is 0 Å². The number of hydrogen-bond acceptors (Lipinski definition) is 1. The molecule has 0 aliphatic carbocycles. The van der Waals surface area contributed by atoms with Crippen molar-refractivity contribution in [2.75, 3.05) is 12.4 Å². The monoisotopic (exact) mass is 288 g/mol. The molecule has 1 aromatic rings. The van der Waals surface area contributed by atoms with E-state index in [1.165, 1.54) is 24.3 Å². The third-order valence-corrected chi connectivity index (χ3v) is 3.92. The number of hydrogen-bond donors (Lipinski definition) is 0. The number of ether oxygens (including phenoxy) is 1. The molecule has 1 aliphatic rings. The molecule has 18 heavy (non-hydrogen) atoms. The lowest BCUT2D eigenvalue weighted by molar-refractivity contribution is 0.0136. The van der Waals surface area contributed by atoms with Crippen molar-refractivity contribution in [1.82, 2.24) is 0 Å². The summed E-state index contributed by atoms with van der Waals surface area (Å²) in [6.07, 6.45) is 0.311. The molecular weight excluding hydrogens is 275 g/mol. The summed E-state index contributed by atoms with van der Waals surface area (Å²) in [5, 5.41) is 0. The molecule has 104 valence electrons. The Morgan fingerprint density at radius 3 is 2.11 bits per heavy atom. The van der Waals surface area contributed by atoms with Gasteiger partial charge in [-0.05, 0) is 18.4 Å². The summed E-state index contributed by atoms with van der Waals surface area (Å²) in [7, 11) is -9.51. The smallest absolute Gasteiger partial charge is 0.288 e. The van der Waals surface area contributed by atoms with Crippen LogP contribution in [0.2, 0.25) is 0 Å². The summed E-state index contributed by atoms with van der Waals surface area (Å²) < 4.78 is 68.7. The zero-order valence-electron chi connectivity index (χ0n) is 9.42. The van der Waals surface area contributed by atoms with Crippen molar-refractivity contribution >= 4 is 10.2 Å². The minimum atomic E-state index is -9.51. The van der Waals surface area contributed by atoms with Gasteiger partial charge in [-0.25, -0.2) is 0 Å². The molecule has 0 spiro atoms. The molecule has 1 heterocycles. The Balaban J connectivity index is 2.42. The van der Waals surface area contributed by atoms with Crippen LogP contribution in [0, 0.1) is 0 Å². The number of rotatable bonds is 3. The van der Waals surface area contributed by atoms with Crippen molar-refractivity contribution < 1.29 is 24.2 Å². The topological polar surface area (TPSA) is 9.23 Å². The highest BCUT2D eigenvalue weighted by atomic mass is 32.5. The van der Waals surface area contributed by atoms with Crippen molar-refractivity contribution in [3.63, 3.8) is 0 Å². The summed E-state index contributed by atoms with van der Waals surface area (Å²) in [6, 6.07) is 7.45. The summed E-state index contributed by atoms with van der Waals surface area (Å²) in [4.78, 5) is 0. The molecule has 1 aromatic carbocycles. The lowest BCUT2D eigenvalue weighted by Crippen LogP contribution is -2.35. The first-order chi connectivity index (χ1) is 8.00. The second-order valence-electron chi connectivity index (χ2n) is 4.59. The van der Waals surface area contributed by atoms with Crippen molar-refractivity contribution in [1.29, 1.82) is 0 Å². The highest BCUT2D eigenvalue weighted by Gasteiger charge is 2.68. The van der Waals surface area contributed by atoms with Crippen molar-refractivity contribution in [3.05, 3.63) is 35.9 Å². The van der Waals surface area contributed by atoms with Gasteiger partial charge in [0.1, 0.15) is 11.4 Å². The standard InChI is InChI=1S/C11H13F5OS/c12-18(13,14,15,16)9-11(7-4-8-17-11)10-5-2-1-3-6-10/h1-3,5-6H,4,7-9H2. The summed E-state index contributed by atoms with van der Waals surface area (Å²) in [5.41, 5.74) is -1.76. The molecule has 1 aliphatic heterocycles. The van der Waals surface area contributed by atoms with E-state index in [1.54, 1.807) is 6.07 Å². The maximum Gasteiger partial charge on any atom is 0.288 e. The summed E-state index contributed by atoms with van der Waals surface area (Å²) in [6.45, 7) is 0.0722. The van der Waals surface area contributed by atoms with Gasteiger partial charge in [-0.3, -0.25) is 0 Å². The molecule has 0 amide bonds. The Morgan fingerprint density at radius 1 is 1.06 bits per heavy atom. The van der Waals surface area contributed by atoms with Gasteiger partial charge in [0, 0.05) is 6.61 Å². The first-order valence-corrected chi connectivity index (χ1v) is 7.54. The maximum absolute atomic E-state index is 12.7. The van der Waals surface area contributed by atoms with Gasteiger partial charge in [-0.2, -0.15) is 0 Å². The summed E-state index contributed by atoms with van der Waals surface area (Å²) in [5.74, 6) is -2.18. The average molecular weight is 288 g/mol. The van der Waals surface area contributed by atoms with E-state index in [1.807, 2.05) is 0 Å². The zero-order valence-corrected chi connectivity index (χ0v) is 10.2. The fourth-order valence-corrected chi connectivity index (χ4v) is 3.58. The molecule has 0 radical (unpaired) electrons. The molecule has 7 heteroatoms. The highest BCUT2D eigenvalue weighted by molar-refractivity contribution is 8.45. The van der Waals surface area contributed by atoms with Gasteiger partial charge in [0.25, 0.3) is 10.2 Å². The van der Waals surface area contributed by atoms with Gasteiger partial charge < -0.3 is 4.74 Å². The first kappa shape index (κ1) is 13.6. The van der Waals surface area contributed by atoms with Gasteiger partial charge in [-0.1, -0.05) is 49.8 Å². The van der Waals surface area contributed by atoms with Crippen LogP contribution in [0.5, 0.6) is 0 Å². The minimum absolute atomic E-state index is 0.0391. The molecule has 1 nitrogen and oxygen atoms in total. The quantitative estimate of drug-likeness (QED) is 0.712. The predicted molar refractivity (Wildman–Crippen MR) is 61.3 cm³/mol. The van der Waals surface area contributed by atoms with Crippen LogP contribution in [0.4, 0.5) is 19.4 Å². The predicted octanol–water partition coefficient (Wildman–Crippen LogP) is 4.99. The number of halogens is 5. The van der Waals surface area contributed by atoms with E-state index >= 15 is 0 Å². The Bertz CT molecular complexity index is 435. The lowest BCUT2D eigenvalue weighted by atomic mass is 9.93. The van der Waals surface area contributed by atoms with E-state index in [0.717, 1.165) is 0 Å². The molecule has 0 aromatic heterocycles. The van der Waals surface area contributed by atoms with E-state index in [-0.39, 0.29) is 18.6 Å². The van der Waals surface area contributed by atoms with E-state index in [4.69, 9.17) is 4.74 Å². The molecule has 1 saturated heterocycles. The Labute approximate surface area is 102 Å². The van der Waals surface area contributed by atoms with Crippen LogP contribution in [0.15, 0.2) is 30.3 Å². The summed E-state index contributed by atoms with van der Waals surface area (Å²) >= 11 is 0. The molecule has 0 N–H and O–H groups in total. The highest BCUT2D eigenvalue weighted by Crippen LogP contribution is 2.99. The van der Waals surface area contributed by atoms with E-state index in [0.29, 0.717) is 6.42 Å². The van der Waals surface area contributed by atoms with Gasteiger partial charge in [0.15, 0.2) is 0 Å². The van der Waals surface area contributed by atoms with Crippen molar-refractivity contribution in [2.24, 2.45) is 0 Å². The fourth-order valence-electron chi connectivity index (χ4n) is 2.30. The van der Waals surface area contributed by atoms with E-state index < -0.39 is 21.6 Å². The average Bonchev–Trinajstić information content (AvgIpc) is 2.64. The largest absolute Gasteiger partial charge is 0.369 e. The normalized spacial score (nSPS) is 28.7. The molecular formula is C11H13F5OS. The molecule has 2 rings (SSSR count). The van der Waals surface area contributed by atoms with Crippen LogP contribution in [0.1, 0.15) is 18.4 Å². The second-order valence-corrected chi connectivity index (χ2v) is 7.13. The minimum Gasteiger partial charge on any atom is -0.369 e. The van der Waals surface area contributed by atoms with Crippen LogP contribution < -0.4 is 0 Å². The Hall–Kier alpha value is -0.820. The third kappa shape index (κ3) is 3.35. The van der Waals surface area contributed by atoms with Gasteiger partial charge in [-0.15, -0.1) is 0 Å². The van der Waals surface area contributed by atoms with Crippen molar-refractivity contribution in [3.8, 4) is 0 Å². The molecule has 1 atom stereocenters. The third-order valence-electron chi connectivity index (χ3n) is 2.91. The van der Waals surface area contributed by atoms with Crippen LogP contribution >= 0.6 is 10.2 Å². The van der Waals surface area contributed by atoms with Crippen LogP contribution in [-0.2, 0) is 10.3 Å². The maximum atomic E-state index is 12.7. The second kappa shape index (κ2) is 3.39. The Morgan fingerprint density at radius 2 is 1.67 bits per heavy atom. The van der Waals surface area contributed by atoms with Gasteiger partial charge in [0.05, 0.1) is 0 Å².